The van der Waals surface area contributed by atoms with Crippen LogP contribution in [0, 0.1) is 10.8 Å². The molecule has 3 aromatic rings. The molecule has 32 heavy (non-hydrogen) atoms. The number of hydrogen-bond donors (Lipinski definition) is 1. The van der Waals surface area contributed by atoms with E-state index in [1.165, 1.54) is 0 Å². The standard InChI is InChI=1S/C26H20ClNO4/c1-25(22(29)17-11-13-18(27)14-12-17)21-19-9-5-6-10-20(19)32-24(31)26(21,25)23(30)28-15-16-7-3-2-4-8-16/h2-14,21H,15H2,1H3,(H,28,30)/t21-,25-,26-/m0/s1. The molecule has 1 aliphatic heterocycles. The van der Waals surface area contributed by atoms with Gasteiger partial charge in [0.2, 0.25) is 5.91 Å². The monoisotopic (exact) mass is 445 g/mol. The molecule has 160 valence electrons. The smallest absolute Gasteiger partial charge is 0.328 e. The summed E-state index contributed by atoms with van der Waals surface area (Å²) in [6, 6.07) is 23.0. The Morgan fingerprint density at radius 2 is 1.62 bits per heavy atom. The summed E-state index contributed by atoms with van der Waals surface area (Å²) in [5.41, 5.74) is -0.943. The molecule has 5 nitrogen and oxygen atoms in total. The molecule has 0 radical (unpaired) electrons. The average molecular weight is 446 g/mol. The molecule has 1 fully saturated rings. The Bertz CT molecular complexity index is 1240. The van der Waals surface area contributed by atoms with Gasteiger partial charge in [-0.25, -0.2) is 0 Å². The second-order valence-corrected chi connectivity index (χ2v) is 8.81. The van der Waals surface area contributed by atoms with Crippen LogP contribution >= 0.6 is 11.6 Å². The minimum Gasteiger partial charge on any atom is -0.425 e. The number of amides is 1. The number of ketones is 1. The third-order valence-electron chi connectivity index (χ3n) is 6.73. The number of halogens is 1. The molecule has 1 saturated carbocycles. The van der Waals surface area contributed by atoms with Crippen molar-refractivity contribution in [2.75, 3.05) is 0 Å². The lowest BCUT2D eigenvalue weighted by Gasteiger charge is -2.23. The number of esters is 1. The summed E-state index contributed by atoms with van der Waals surface area (Å²) in [5, 5.41) is 3.37. The summed E-state index contributed by atoms with van der Waals surface area (Å²) in [7, 11) is 0. The van der Waals surface area contributed by atoms with E-state index in [4.69, 9.17) is 16.3 Å². The number of Topliss-reactive ketones (excluding diaryl/α,β-unsaturated/α-hetero) is 1. The maximum absolute atomic E-state index is 13.7. The Morgan fingerprint density at radius 1 is 0.969 bits per heavy atom. The maximum atomic E-state index is 13.7. The van der Waals surface area contributed by atoms with Crippen molar-refractivity contribution < 1.29 is 19.1 Å². The first kappa shape index (κ1) is 20.5. The quantitative estimate of drug-likeness (QED) is 0.271. The van der Waals surface area contributed by atoms with Crippen LogP contribution in [0.5, 0.6) is 5.75 Å². The highest BCUT2D eigenvalue weighted by atomic mass is 35.5. The predicted octanol–water partition coefficient (Wildman–Crippen LogP) is 4.55. The fourth-order valence-electron chi connectivity index (χ4n) is 5.07. The fourth-order valence-corrected chi connectivity index (χ4v) is 5.20. The molecule has 0 bridgehead atoms. The van der Waals surface area contributed by atoms with Crippen LogP contribution in [0.3, 0.4) is 0 Å². The Hall–Kier alpha value is -3.44. The SMILES string of the molecule is C[C@@]1(C(=O)c2ccc(Cl)cc2)[C@@H]2c3ccccc3OC(=O)[C@@]21C(=O)NCc1ccccc1. The Morgan fingerprint density at radius 3 is 2.34 bits per heavy atom. The van der Waals surface area contributed by atoms with Gasteiger partial charge in [-0.2, -0.15) is 0 Å². The van der Waals surface area contributed by atoms with Crippen LogP contribution in [0.15, 0.2) is 78.9 Å². The van der Waals surface area contributed by atoms with Gasteiger partial charge in [-0.1, -0.05) is 60.1 Å². The molecular formula is C26H20ClNO4. The molecule has 2 aliphatic rings. The Balaban J connectivity index is 1.57. The van der Waals surface area contributed by atoms with E-state index < -0.39 is 28.6 Å². The molecule has 0 spiro atoms. The van der Waals surface area contributed by atoms with Gasteiger partial charge in [-0.05, 0) is 42.8 Å². The van der Waals surface area contributed by atoms with Crippen LogP contribution in [0.2, 0.25) is 5.02 Å². The van der Waals surface area contributed by atoms with Gasteiger partial charge in [-0.15, -0.1) is 0 Å². The van der Waals surface area contributed by atoms with Crippen LogP contribution in [0.25, 0.3) is 0 Å². The van der Waals surface area contributed by atoms with Crippen molar-refractivity contribution in [1.29, 1.82) is 0 Å². The number of benzene rings is 3. The van der Waals surface area contributed by atoms with Gasteiger partial charge in [0.1, 0.15) is 5.75 Å². The first-order valence-electron chi connectivity index (χ1n) is 10.3. The largest absolute Gasteiger partial charge is 0.425 e. The van der Waals surface area contributed by atoms with Gasteiger partial charge in [-0.3, -0.25) is 14.4 Å². The van der Waals surface area contributed by atoms with Gasteiger partial charge in [0, 0.05) is 28.6 Å². The number of carbonyl (C=O) groups is 3. The predicted molar refractivity (Wildman–Crippen MR) is 119 cm³/mol. The Kier molecular flexibility index (Phi) is 4.68. The number of carbonyl (C=O) groups excluding carboxylic acids is 3. The molecule has 3 aromatic carbocycles. The zero-order chi connectivity index (χ0) is 22.5. The molecule has 1 amide bonds. The summed E-state index contributed by atoms with van der Waals surface area (Å²) in [5.74, 6) is -1.72. The van der Waals surface area contributed by atoms with Crippen LogP contribution in [0.4, 0.5) is 0 Å². The van der Waals surface area contributed by atoms with Gasteiger partial charge in [0.25, 0.3) is 0 Å². The number of ether oxygens (including phenoxy) is 1. The first-order valence-corrected chi connectivity index (χ1v) is 10.7. The summed E-state index contributed by atoms with van der Waals surface area (Å²) < 4.78 is 5.59. The summed E-state index contributed by atoms with van der Waals surface area (Å²) in [4.78, 5) is 40.6. The van der Waals surface area contributed by atoms with Gasteiger partial charge in [0.05, 0.1) is 5.41 Å². The van der Waals surface area contributed by atoms with Gasteiger partial charge < -0.3 is 10.1 Å². The van der Waals surface area contributed by atoms with Crippen molar-refractivity contribution in [3.05, 3.63) is 101 Å². The van der Waals surface area contributed by atoms with Crippen LogP contribution in [0.1, 0.15) is 34.3 Å². The van der Waals surface area contributed by atoms with Crippen molar-refractivity contribution in [2.45, 2.75) is 19.4 Å². The molecule has 6 heteroatoms. The van der Waals surface area contributed by atoms with E-state index in [1.807, 2.05) is 42.5 Å². The number of fused-ring (bicyclic) bond motifs is 3. The van der Waals surface area contributed by atoms with Crippen LogP contribution in [-0.4, -0.2) is 17.7 Å². The molecule has 1 aliphatic carbocycles. The lowest BCUT2D eigenvalue weighted by molar-refractivity contribution is -0.149. The molecule has 1 heterocycles. The van der Waals surface area contributed by atoms with Crippen molar-refractivity contribution in [3.63, 3.8) is 0 Å². The molecule has 0 unspecified atom stereocenters. The van der Waals surface area contributed by atoms with E-state index in [2.05, 4.69) is 5.32 Å². The van der Waals surface area contributed by atoms with Crippen LogP contribution in [-0.2, 0) is 16.1 Å². The fraction of sp³-hybridized carbons (Fsp3) is 0.192. The highest BCUT2D eigenvalue weighted by Crippen LogP contribution is 2.78. The molecule has 3 atom stereocenters. The van der Waals surface area contributed by atoms with Crippen LogP contribution < -0.4 is 10.1 Å². The zero-order valence-electron chi connectivity index (χ0n) is 17.3. The van der Waals surface area contributed by atoms with Crippen molar-refractivity contribution in [2.24, 2.45) is 10.8 Å². The summed E-state index contributed by atoms with van der Waals surface area (Å²) in [6.45, 7) is 1.92. The normalized spacial score (nSPS) is 25.2. The van der Waals surface area contributed by atoms with Gasteiger partial charge >= 0.3 is 5.97 Å². The third-order valence-corrected chi connectivity index (χ3v) is 6.98. The molecule has 1 N–H and O–H groups in total. The maximum Gasteiger partial charge on any atom is 0.328 e. The van der Waals surface area contributed by atoms with Crippen molar-refractivity contribution in [3.8, 4) is 5.75 Å². The lowest BCUT2D eigenvalue weighted by Crippen LogP contribution is -2.45. The number of rotatable bonds is 5. The molecule has 0 saturated heterocycles. The molecular weight excluding hydrogens is 426 g/mol. The third kappa shape index (κ3) is 2.74. The van der Waals surface area contributed by atoms with Crippen molar-refractivity contribution in [1.82, 2.24) is 5.32 Å². The van der Waals surface area contributed by atoms with E-state index in [0.717, 1.165) is 5.56 Å². The number of hydrogen-bond acceptors (Lipinski definition) is 4. The topological polar surface area (TPSA) is 72.5 Å². The Labute approximate surface area is 190 Å². The van der Waals surface area contributed by atoms with E-state index in [-0.39, 0.29) is 12.3 Å². The minimum absolute atomic E-state index is 0.244. The molecule has 5 rings (SSSR count). The number of para-hydroxylation sites is 1. The first-order chi connectivity index (χ1) is 15.4. The van der Waals surface area contributed by atoms with Crippen molar-refractivity contribution >= 4 is 29.3 Å². The molecule has 0 aromatic heterocycles. The van der Waals surface area contributed by atoms with E-state index in [9.17, 15) is 14.4 Å². The summed E-state index contributed by atoms with van der Waals surface area (Å²) in [6.07, 6.45) is 0. The zero-order valence-corrected chi connectivity index (χ0v) is 18.1. The summed E-state index contributed by atoms with van der Waals surface area (Å²) >= 11 is 5.99. The average Bonchev–Trinajstić information content (AvgIpc) is 3.41. The lowest BCUT2D eigenvalue weighted by atomic mass is 9.86. The van der Waals surface area contributed by atoms with E-state index in [1.54, 1.807) is 43.3 Å². The highest BCUT2D eigenvalue weighted by Gasteiger charge is 2.88. The second kappa shape index (κ2) is 7.31. The second-order valence-electron chi connectivity index (χ2n) is 8.38. The minimum atomic E-state index is -1.63. The highest BCUT2D eigenvalue weighted by molar-refractivity contribution is 6.30. The van der Waals surface area contributed by atoms with E-state index in [0.29, 0.717) is 21.9 Å². The number of nitrogens with one attached hydrogen (secondary N) is 1. The van der Waals surface area contributed by atoms with Gasteiger partial charge in [0.15, 0.2) is 11.2 Å². The van der Waals surface area contributed by atoms with E-state index >= 15 is 0 Å².